The number of sulfonamides is 1. The molecule has 2 aromatic carbocycles. The van der Waals surface area contributed by atoms with E-state index in [0.29, 0.717) is 23.9 Å². The van der Waals surface area contributed by atoms with Crippen LogP contribution in [0.2, 0.25) is 0 Å². The first-order valence-corrected chi connectivity index (χ1v) is 10.0. The van der Waals surface area contributed by atoms with E-state index in [1.54, 1.807) is 28.6 Å². The lowest BCUT2D eigenvalue weighted by molar-refractivity contribution is 0.471. The third-order valence-corrected chi connectivity index (χ3v) is 6.92. The molecule has 0 saturated carbocycles. The molecule has 4 rings (SSSR count). The molecule has 2 aliphatic rings. The standard InChI is InChI=1S/C21H21NO2S/c1-16-12-13-18-14-22(25(23,24)19-10-6-3-7-11-19)15-20(18)21(16)17-8-4-2-5-9-17/h2-13,16,18H,14-15H2,1H3/t16-,18-/m1/s1. The normalized spacial score (nSPS) is 23.7. The molecule has 3 nitrogen and oxygen atoms in total. The van der Waals surface area contributed by atoms with Crippen LogP contribution in [-0.2, 0) is 10.0 Å². The van der Waals surface area contributed by atoms with Crippen LogP contribution in [0.1, 0.15) is 12.5 Å². The predicted molar refractivity (Wildman–Crippen MR) is 100 cm³/mol. The Labute approximate surface area is 149 Å². The Kier molecular flexibility index (Phi) is 4.10. The van der Waals surface area contributed by atoms with Gasteiger partial charge in [0.2, 0.25) is 10.0 Å². The molecule has 1 saturated heterocycles. The van der Waals surface area contributed by atoms with Crippen LogP contribution < -0.4 is 0 Å². The monoisotopic (exact) mass is 351 g/mol. The minimum absolute atomic E-state index is 0.171. The number of hydrogen-bond acceptors (Lipinski definition) is 2. The molecule has 25 heavy (non-hydrogen) atoms. The minimum Gasteiger partial charge on any atom is -0.207 e. The van der Waals surface area contributed by atoms with Gasteiger partial charge in [-0.25, -0.2) is 8.42 Å². The van der Waals surface area contributed by atoms with Gasteiger partial charge in [0.1, 0.15) is 0 Å². The number of rotatable bonds is 3. The van der Waals surface area contributed by atoms with Gasteiger partial charge in [-0.2, -0.15) is 4.31 Å². The molecule has 0 amide bonds. The fourth-order valence-corrected chi connectivity index (χ4v) is 5.31. The molecule has 0 aromatic heterocycles. The van der Waals surface area contributed by atoms with Crippen LogP contribution in [-0.4, -0.2) is 25.8 Å². The summed E-state index contributed by atoms with van der Waals surface area (Å²) in [6, 6.07) is 19.0. The van der Waals surface area contributed by atoms with E-state index >= 15 is 0 Å². The summed E-state index contributed by atoms with van der Waals surface area (Å²) in [7, 11) is -3.45. The highest BCUT2D eigenvalue weighted by Gasteiger charge is 2.38. The van der Waals surface area contributed by atoms with Crippen LogP contribution in [0.15, 0.2) is 83.3 Å². The first kappa shape index (κ1) is 16.3. The summed E-state index contributed by atoms with van der Waals surface area (Å²) in [5.74, 6) is 0.470. The fourth-order valence-electron chi connectivity index (χ4n) is 3.84. The van der Waals surface area contributed by atoms with Gasteiger partial charge in [-0.05, 0) is 34.8 Å². The van der Waals surface area contributed by atoms with Crippen molar-refractivity contribution in [2.24, 2.45) is 11.8 Å². The van der Waals surface area contributed by atoms with Crippen LogP contribution in [0.25, 0.3) is 5.57 Å². The van der Waals surface area contributed by atoms with Crippen molar-refractivity contribution in [1.29, 1.82) is 0 Å². The second-order valence-electron chi connectivity index (χ2n) is 6.70. The molecule has 0 spiro atoms. The maximum Gasteiger partial charge on any atom is 0.243 e. The van der Waals surface area contributed by atoms with Crippen molar-refractivity contribution in [3.05, 3.63) is 84.0 Å². The molecule has 0 unspecified atom stereocenters. The van der Waals surface area contributed by atoms with Gasteiger partial charge in [0.15, 0.2) is 0 Å². The third-order valence-electron chi connectivity index (χ3n) is 5.09. The van der Waals surface area contributed by atoms with Crippen molar-refractivity contribution in [2.75, 3.05) is 13.1 Å². The quantitative estimate of drug-likeness (QED) is 0.785. The Morgan fingerprint density at radius 3 is 2.24 bits per heavy atom. The molecule has 2 aromatic rings. The predicted octanol–water partition coefficient (Wildman–Crippen LogP) is 3.97. The van der Waals surface area contributed by atoms with Crippen molar-refractivity contribution in [2.45, 2.75) is 11.8 Å². The molecule has 0 bridgehead atoms. The van der Waals surface area contributed by atoms with Gasteiger partial charge in [0.25, 0.3) is 0 Å². The Hall–Kier alpha value is -2.17. The fraction of sp³-hybridized carbons (Fsp3) is 0.238. The summed E-state index contributed by atoms with van der Waals surface area (Å²) in [6.07, 6.45) is 4.38. The SMILES string of the molecule is C[C@@H]1C=C[C@@H]2CN(S(=O)(=O)c3ccccc3)CC2=C1c1ccccc1. The second-order valence-corrected chi connectivity index (χ2v) is 8.63. The summed E-state index contributed by atoms with van der Waals surface area (Å²) in [5.41, 5.74) is 3.71. The molecule has 4 heteroatoms. The number of allylic oxidation sites excluding steroid dienone is 2. The van der Waals surface area contributed by atoms with Crippen LogP contribution in [0.5, 0.6) is 0 Å². The largest absolute Gasteiger partial charge is 0.243 e. The Bertz CT molecular complexity index is 930. The van der Waals surface area contributed by atoms with Crippen molar-refractivity contribution < 1.29 is 8.42 Å². The van der Waals surface area contributed by atoms with E-state index in [0.717, 1.165) is 0 Å². The molecular formula is C21H21NO2S. The Morgan fingerprint density at radius 1 is 0.920 bits per heavy atom. The number of benzene rings is 2. The van der Waals surface area contributed by atoms with Gasteiger partial charge in [-0.1, -0.05) is 67.6 Å². The van der Waals surface area contributed by atoms with Crippen LogP contribution in [0.4, 0.5) is 0 Å². The van der Waals surface area contributed by atoms with E-state index in [2.05, 4.69) is 31.2 Å². The zero-order valence-electron chi connectivity index (χ0n) is 14.2. The van der Waals surface area contributed by atoms with Crippen LogP contribution in [0.3, 0.4) is 0 Å². The molecule has 128 valence electrons. The average molecular weight is 351 g/mol. The molecule has 1 heterocycles. The summed E-state index contributed by atoms with van der Waals surface area (Å²) in [4.78, 5) is 0.368. The van der Waals surface area contributed by atoms with E-state index in [4.69, 9.17) is 0 Å². The summed E-state index contributed by atoms with van der Waals surface area (Å²) >= 11 is 0. The second kappa shape index (κ2) is 6.28. The van der Waals surface area contributed by atoms with E-state index in [1.807, 2.05) is 24.3 Å². The first-order valence-electron chi connectivity index (χ1n) is 8.59. The smallest absolute Gasteiger partial charge is 0.207 e. The zero-order valence-corrected chi connectivity index (χ0v) is 15.0. The van der Waals surface area contributed by atoms with Crippen molar-refractivity contribution >= 4 is 15.6 Å². The minimum atomic E-state index is -3.45. The average Bonchev–Trinajstić information content (AvgIpc) is 3.08. The number of nitrogens with zero attached hydrogens (tertiary/aromatic N) is 1. The van der Waals surface area contributed by atoms with E-state index in [1.165, 1.54) is 16.7 Å². The molecule has 1 aliphatic carbocycles. The molecular weight excluding hydrogens is 330 g/mol. The van der Waals surface area contributed by atoms with Gasteiger partial charge in [0.05, 0.1) is 4.90 Å². The third kappa shape index (κ3) is 2.86. The zero-order chi connectivity index (χ0) is 17.4. The molecule has 0 N–H and O–H groups in total. The lowest BCUT2D eigenvalue weighted by Crippen LogP contribution is -2.28. The molecule has 2 atom stereocenters. The van der Waals surface area contributed by atoms with Gasteiger partial charge in [-0.3, -0.25) is 0 Å². The van der Waals surface area contributed by atoms with E-state index < -0.39 is 10.0 Å². The first-order chi connectivity index (χ1) is 12.1. The van der Waals surface area contributed by atoms with E-state index in [-0.39, 0.29) is 5.92 Å². The number of fused-ring (bicyclic) bond motifs is 1. The summed E-state index contributed by atoms with van der Waals surface area (Å²) in [5, 5.41) is 0. The Balaban J connectivity index is 1.74. The molecule has 1 fully saturated rings. The van der Waals surface area contributed by atoms with Gasteiger partial charge >= 0.3 is 0 Å². The van der Waals surface area contributed by atoms with Crippen molar-refractivity contribution in [3.8, 4) is 0 Å². The topological polar surface area (TPSA) is 37.4 Å². The Morgan fingerprint density at radius 2 is 1.56 bits per heavy atom. The highest BCUT2D eigenvalue weighted by Crippen LogP contribution is 2.41. The maximum absolute atomic E-state index is 13.0. The van der Waals surface area contributed by atoms with Crippen molar-refractivity contribution in [1.82, 2.24) is 4.31 Å². The summed E-state index contributed by atoms with van der Waals surface area (Å²) in [6.45, 7) is 3.17. The maximum atomic E-state index is 13.0. The van der Waals surface area contributed by atoms with E-state index in [9.17, 15) is 8.42 Å². The molecule has 1 aliphatic heterocycles. The molecule has 0 radical (unpaired) electrons. The highest BCUT2D eigenvalue weighted by atomic mass is 32.2. The lowest BCUT2D eigenvalue weighted by Gasteiger charge is -2.23. The van der Waals surface area contributed by atoms with Crippen LogP contribution >= 0.6 is 0 Å². The lowest BCUT2D eigenvalue weighted by atomic mass is 9.81. The highest BCUT2D eigenvalue weighted by molar-refractivity contribution is 7.89. The van der Waals surface area contributed by atoms with Gasteiger partial charge in [0, 0.05) is 19.0 Å². The van der Waals surface area contributed by atoms with Gasteiger partial charge in [-0.15, -0.1) is 0 Å². The van der Waals surface area contributed by atoms with Gasteiger partial charge < -0.3 is 0 Å². The van der Waals surface area contributed by atoms with Crippen LogP contribution in [0, 0.1) is 11.8 Å². The number of hydrogen-bond donors (Lipinski definition) is 0. The van der Waals surface area contributed by atoms with Crippen molar-refractivity contribution in [3.63, 3.8) is 0 Å². The summed E-state index contributed by atoms with van der Waals surface area (Å²) < 4.78 is 27.6.